The lowest BCUT2D eigenvalue weighted by molar-refractivity contribution is -0.135. The first-order valence-electron chi connectivity index (χ1n) is 16.5. The Kier molecular flexibility index (Phi) is 7.92. The molecule has 0 aromatic heterocycles. The fraction of sp³-hybridized carbons (Fsp3) is 0.220. The van der Waals surface area contributed by atoms with Gasteiger partial charge in [0.2, 0.25) is 11.8 Å². The summed E-state index contributed by atoms with van der Waals surface area (Å²) in [6, 6.07) is 28.8. The van der Waals surface area contributed by atoms with Crippen LogP contribution in [0.5, 0.6) is 11.5 Å². The van der Waals surface area contributed by atoms with Gasteiger partial charge in [0.1, 0.15) is 0 Å². The van der Waals surface area contributed by atoms with Crippen LogP contribution in [0.3, 0.4) is 0 Å². The van der Waals surface area contributed by atoms with Crippen LogP contribution in [0, 0.1) is 23.7 Å². The van der Waals surface area contributed by atoms with E-state index in [1.54, 1.807) is 36.4 Å². The largest absolute Gasteiger partial charge is 0.503 e. The highest BCUT2D eigenvalue weighted by Gasteiger charge is 2.66. The van der Waals surface area contributed by atoms with Gasteiger partial charge in [0.15, 0.2) is 23.1 Å². The van der Waals surface area contributed by atoms with Gasteiger partial charge >= 0.3 is 0 Å². The summed E-state index contributed by atoms with van der Waals surface area (Å²) in [6.07, 6.45) is 3.94. The Morgan fingerprint density at radius 3 is 2.24 bits per heavy atom. The number of carbonyl (C=O) groups excluding carboxylic acids is 4. The second-order valence-corrected chi connectivity index (χ2v) is 14.7. The quantitative estimate of drug-likeness (QED) is 0.165. The number of hydrogen-bond donors (Lipinski definition) is 1. The highest BCUT2D eigenvalue weighted by atomic mass is 79.9. The number of Topliss-reactive ketones (excluding diaryl/α,β-unsaturated/α-hetero) is 1. The van der Waals surface area contributed by atoms with Crippen molar-refractivity contribution in [3.8, 4) is 11.5 Å². The Balaban J connectivity index is 1.38. The van der Waals surface area contributed by atoms with Crippen molar-refractivity contribution in [1.29, 1.82) is 0 Å². The summed E-state index contributed by atoms with van der Waals surface area (Å²) in [5.74, 6) is -4.76. The number of aromatic hydroxyl groups is 1. The summed E-state index contributed by atoms with van der Waals surface area (Å²) >= 11 is 10.1. The van der Waals surface area contributed by atoms with Crippen LogP contribution in [0.15, 0.2) is 119 Å². The Bertz CT molecular complexity index is 2150. The molecule has 6 unspecified atom stereocenters. The zero-order valence-corrected chi connectivity index (χ0v) is 29.2. The van der Waals surface area contributed by atoms with E-state index in [-0.39, 0.29) is 52.7 Å². The number of phenols is 1. The van der Waals surface area contributed by atoms with Gasteiger partial charge in [-0.05, 0) is 77.9 Å². The van der Waals surface area contributed by atoms with Crippen LogP contribution in [-0.2, 0) is 24.6 Å². The molecule has 250 valence electrons. The minimum Gasteiger partial charge on any atom is -0.503 e. The number of carbonyl (C=O) groups is 4. The molecule has 4 aliphatic rings. The number of rotatable bonds is 5. The van der Waals surface area contributed by atoms with E-state index in [1.807, 2.05) is 66.7 Å². The summed E-state index contributed by atoms with van der Waals surface area (Å²) in [5.41, 5.74) is 2.03. The average molecular weight is 749 g/mol. The SMILES string of the molecule is COc1cc(C2C3=CCC4C(=O)N(c5ccc(Br)cc5)C(=O)C4C3CC3C(=O)C(c4ccccc4)=CC(=O)C32c2ccccc2)cc(Cl)c1O. The maximum atomic E-state index is 15.2. The summed E-state index contributed by atoms with van der Waals surface area (Å²) in [7, 11) is 1.42. The van der Waals surface area contributed by atoms with E-state index in [9.17, 15) is 14.7 Å². The molecule has 0 spiro atoms. The highest BCUT2D eigenvalue weighted by molar-refractivity contribution is 9.10. The number of ether oxygens (including phenoxy) is 1. The maximum absolute atomic E-state index is 15.2. The van der Waals surface area contributed by atoms with Gasteiger partial charge in [-0.3, -0.25) is 24.1 Å². The fourth-order valence-corrected chi connectivity index (χ4v) is 9.49. The number of hydrogen-bond acceptors (Lipinski definition) is 6. The standard InChI is InChI=1S/C41H31BrClNO6/c1-50-33-19-23(18-32(43)38(33)47)36-27-16-17-28-35(40(49)44(39(28)48)26-14-12-25(42)13-15-26)30(27)20-31-37(46)29(22-8-4-2-5-9-22)21-34(45)41(31,36)24-10-6-3-7-11-24/h2-16,18-19,21,28,30-31,35-36,47H,17,20H2,1H3. The molecule has 4 aromatic carbocycles. The maximum Gasteiger partial charge on any atom is 0.238 e. The zero-order valence-electron chi connectivity index (χ0n) is 26.9. The van der Waals surface area contributed by atoms with Gasteiger partial charge in [0, 0.05) is 21.9 Å². The van der Waals surface area contributed by atoms with Gasteiger partial charge in [-0.2, -0.15) is 0 Å². The Morgan fingerprint density at radius 2 is 1.56 bits per heavy atom. The highest BCUT2D eigenvalue weighted by Crippen LogP contribution is 2.64. The molecule has 8 rings (SSSR count). The normalized spacial score (nSPS) is 27.3. The number of phenolic OH excluding ortho intramolecular Hbond substituents is 1. The molecule has 6 atom stereocenters. The fourth-order valence-electron chi connectivity index (χ4n) is 9.01. The lowest BCUT2D eigenvalue weighted by atomic mass is 9.44. The third-order valence-corrected chi connectivity index (χ3v) is 11.9. The van der Waals surface area contributed by atoms with Crippen molar-refractivity contribution in [3.63, 3.8) is 0 Å². The van der Waals surface area contributed by atoms with Crippen molar-refractivity contribution >= 4 is 62.2 Å². The molecule has 1 saturated carbocycles. The van der Waals surface area contributed by atoms with Crippen LogP contribution in [0.4, 0.5) is 5.69 Å². The number of methoxy groups -OCH3 is 1. The molecule has 1 saturated heterocycles. The molecule has 0 radical (unpaired) electrons. The van der Waals surface area contributed by atoms with E-state index < -0.39 is 35.0 Å². The summed E-state index contributed by atoms with van der Waals surface area (Å²) in [5, 5.41) is 10.8. The van der Waals surface area contributed by atoms with Crippen molar-refractivity contribution in [2.75, 3.05) is 12.0 Å². The molecule has 1 heterocycles. The second kappa shape index (κ2) is 12.2. The number of halogens is 2. The van der Waals surface area contributed by atoms with Crippen LogP contribution in [0.25, 0.3) is 5.57 Å². The number of fused-ring (bicyclic) bond motifs is 4. The molecule has 50 heavy (non-hydrogen) atoms. The molecule has 3 aliphatic carbocycles. The average Bonchev–Trinajstić information content (AvgIpc) is 3.40. The van der Waals surface area contributed by atoms with Crippen LogP contribution >= 0.6 is 27.5 Å². The van der Waals surface area contributed by atoms with Gasteiger partial charge in [-0.25, -0.2) is 0 Å². The number of allylic oxidation sites excluding steroid dienone is 4. The van der Waals surface area contributed by atoms with Crippen molar-refractivity contribution in [3.05, 3.63) is 141 Å². The van der Waals surface area contributed by atoms with Crippen molar-refractivity contribution in [2.45, 2.75) is 24.2 Å². The molecular formula is C41H31BrClNO6. The molecule has 7 nitrogen and oxygen atoms in total. The molecule has 2 amide bonds. The van der Waals surface area contributed by atoms with E-state index in [4.69, 9.17) is 16.3 Å². The Labute approximate surface area is 302 Å². The van der Waals surface area contributed by atoms with Crippen molar-refractivity contribution < 1.29 is 29.0 Å². The lowest BCUT2D eigenvalue weighted by Gasteiger charge is -2.55. The van der Waals surface area contributed by atoms with Crippen molar-refractivity contribution in [1.82, 2.24) is 0 Å². The predicted molar refractivity (Wildman–Crippen MR) is 193 cm³/mol. The van der Waals surface area contributed by atoms with Crippen LogP contribution in [0.2, 0.25) is 5.02 Å². The van der Waals surface area contributed by atoms with E-state index in [0.29, 0.717) is 28.0 Å². The van der Waals surface area contributed by atoms with Gasteiger partial charge in [-0.15, -0.1) is 0 Å². The minimum absolute atomic E-state index is 0.0270. The Hall–Kier alpha value is -4.79. The molecular weight excluding hydrogens is 718 g/mol. The minimum atomic E-state index is -1.42. The summed E-state index contributed by atoms with van der Waals surface area (Å²) < 4.78 is 6.36. The number of nitrogens with zero attached hydrogens (tertiary/aromatic N) is 1. The van der Waals surface area contributed by atoms with E-state index in [1.165, 1.54) is 18.1 Å². The van der Waals surface area contributed by atoms with Gasteiger partial charge < -0.3 is 9.84 Å². The number of ketones is 2. The number of amides is 2. The number of imide groups is 1. The van der Waals surface area contributed by atoms with Crippen molar-refractivity contribution in [2.24, 2.45) is 23.7 Å². The summed E-state index contributed by atoms with van der Waals surface area (Å²) in [6.45, 7) is 0. The predicted octanol–water partition coefficient (Wildman–Crippen LogP) is 7.85. The van der Waals surface area contributed by atoms with E-state index >= 15 is 9.59 Å². The van der Waals surface area contributed by atoms with E-state index in [2.05, 4.69) is 15.9 Å². The molecule has 4 aromatic rings. The third kappa shape index (κ3) is 4.68. The van der Waals surface area contributed by atoms with Gasteiger partial charge in [0.25, 0.3) is 0 Å². The number of anilines is 1. The summed E-state index contributed by atoms with van der Waals surface area (Å²) in [4.78, 5) is 60.0. The molecule has 1 N–H and O–H groups in total. The molecule has 2 fully saturated rings. The topological polar surface area (TPSA) is 101 Å². The first-order chi connectivity index (χ1) is 24.2. The molecule has 9 heteroatoms. The smallest absolute Gasteiger partial charge is 0.238 e. The first-order valence-corrected chi connectivity index (χ1v) is 17.6. The zero-order chi connectivity index (χ0) is 34.9. The van der Waals surface area contributed by atoms with E-state index in [0.717, 1.165) is 10.0 Å². The van der Waals surface area contributed by atoms with Gasteiger partial charge in [-0.1, -0.05) is 99.8 Å². The monoisotopic (exact) mass is 747 g/mol. The molecule has 0 bridgehead atoms. The first kappa shape index (κ1) is 32.4. The number of benzene rings is 4. The van der Waals surface area contributed by atoms with Crippen LogP contribution < -0.4 is 9.64 Å². The van der Waals surface area contributed by atoms with Gasteiger partial charge in [0.05, 0.1) is 35.1 Å². The third-order valence-electron chi connectivity index (χ3n) is 11.1. The van der Waals surface area contributed by atoms with Crippen LogP contribution in [-0.4, -0.2) is 35.6 Å². The second-order valence-electron chi connectivity index (χ2n) is 13.3. The Morgan fingerprint density at radius 1 is 0.880 bits per heavy atom. The van der Waals surface area contributed by atoms with Crippen LogP contribution in [0.1, 0.15) is 35.4 Å². The lowest BCUT2D eigenvalue weighted by Crippen LogP contribution is -2.58. The molecule has 1 aliphatic heterocycles.